The number of carbonyl (C=O) groups is 3. The molecular formula is C17H19NO4S2. The van der Waals surface area contributed by atoms with Gasteiger partial charge in [-0.25, -0.2) is 4.79 Å². The largest absolute Gasteiger partial charge is 0.462 e. The summed E-state index contributed by atoms with van der Waals surface area (Å²) in [5.74, 6) is -0.640. The van der Waals surface area contributed by atoms with Crippen LogP contribution in [0.15, 0.2) is 17.5 Å². The number of hydrogen-bond acceptors (Lipinski definition) is 6. The minimum Gasteiger partial charge on any atom is -0.462 e. The molecule has 0 saturated heterocycles. The van der Waals surface area contributed by atoms with Crippen molar-refractivity contribution < 1.29 is 19.1 Å². The standard InChI is InChI=1S/C17H19NO4S2/c1-10-11(2)24-16(18-12(3)19)15(10)17(21)22-8-4-6-13(20)14-7-5-9-23-14/h5,7,9H,4,6,8H2,1-3H3,(H,18,19). The van der Waals surface area contributed by atoms with Gasteiger partial charge in [0.1, 0.15) is 5.00 Å². The Bertz CT molecular complexity index is 747. The Kier molecular flexibility index (Phi) is 6.28. The molecule has 0 bridgehead atoms. The molecule has 0 unspecified atom stereocenters. The van der Waals surface area contributed by atoms with E-state index in [4.69, 9.17) is 4.74 Å². The molecule has 2 aromatic rings. The predicted octanol–water partition coefficient (Wildman–Crippen LogP) is 4.20. The van der Waals surface area contributed by atoms with Crippen LogP contribution in [0.1, 0.15) is 50.2 Å². The molecule has 0 atom stereocenters. The van der Waals surface area contributed by atoms with Gasteiger partial charge in [-0.15, -0.1) is 22.7 Å². The van der Waals surface area contributed by atoms with Crippen LogP contribution in [0.2, 0.25) is 0 Å². The quantitative estimate of drug-likeness (QED) is 0.453. The minimum atomic E-state index is -0.468. The molecule has 0 spiro atoms. The van der Waals surface area contributed by atoms with E-state index in [1.165, 1.54) is 29.6 Å². The van der Waals surface area contributed by atoms with E-state index in [9.17, 15) is 14.4 Å². The lowest BCUT2D eigenvalue weighted by atomic mass is 10.1. The summed E-state index contributed by atoms with van der Waals surface area (Å²) in [6, 6.07) is 3.62. The molecule has 0 aromatic carbocycles. The van der Waals surface area contributed by atoms with Crippen molar-refractivity contribution in [1.82, 2.24) is 0 Å². The molecule has 2 rings (SSSR count). The predicted molar refractivity (Wildman–Crippen MR) is 96.3 cm³/mol. The highest BCUT2D eigenvalue weighted by Gasteiger charge is 2.21. The van der Waals surface area contributed by atoms with Crippen molar-refractivity contribution in [3.63, 3.8) is 0 Å². The van der Waals surface area contributed by atoms with E-state index in [-0.39, 0.29) is 18.3 Å². The van der Waals surface area contributed by atoms with Crippen LogP contribution in [0.5, 0.6) is 0 Å². The Labute approximate surface area is 148 Å². The van der Waals surface area contributed by atoms with Crippen LogP contribution in [0.3, 0.4) is 0 Å². The monoisotopic (exact) mass is 365 g/mol. The number of ether oxygens (including phenoxy) is 1. The van der Waals surface area contributed by atoms with Gasteiger partial charge in [0.05, 0.1) is 17.0 Å². The van der Waals surface area contributed by atoms with Gasteiger partial charge in [0.2, 0.25) is 5.91 Å². The number of anilines is 1. The summed E-state index contributed by atoms with van der Waals surface area (Å²) in [7, 11) is 0. The molecule has 7 heteroatoms. The van der Waals surface area contributed by atoms with Crippen LogP contribution in [-0.2, 0) is 9.53 Å². The van der Waals surface area contributed by atoms with Crippen LogP contribution >= 0.6 is 22.7 Å². The first-order valence-corrected chi connectivity index (χ1v) is 9.21. The van der Waals surface area contributed by atoms with Crippen molar-refractivity contribution in [3.05, 3.63) is 38.4 Å². The summed E-state index contributed by atoms with van der Waals surface area (Å²) in [4.78, 5) is 37.1. The lowest BCUT2D eigenvalue weighted by Gasteiger charge is -2.07. The smallest absolute Gasteiger partial charge is 0.341 e. The zero-order valence-corrected chi connectivity index (χ0v) is 15.4. The van der Waals surface area contributed by atoms with Crippen molar-refractivity contribution in [2.45, 2.75) is 33.6 Å². The van der Waals surface area contributed by atoms with Crippen LogP contribution in [0, 0.1) is 13.8 Å². The highest BCUT2D eigenvalue weighted by atomic mass is 32.1. The second-order valence-corrected chi connectivity index (χ2v) is 7.48. The molecule has 2 heterocycles. The summed E-state index contributed by atoms with van der Waals surface area (Å²) >= 11 is 2.76. The highest BCUT2D eigenvalue weighted by Crippen LogP contribution is 2.33. The van der Waals surface area contributed by atoms with E-state index >= 15 is 0 Å². The first kappa shape index (κ1) is 18.4. The van der Waals surface area contributed by atoms with Crippen molar-refractivity contribution in [2.24, 2.45) is 0 Å². The molecular weight excluding hydrogens is 346 g/mol. The average molecular weight is 365 g/mol. The second kappa shape index (κ2) is 8.21. The zero-order chi connectivity index (χ0) is 17.7. The zero-order valence-electron chi connectivity index (χ0n) is 13.8. The minimum absolute atomic E-state index is 0.0579. The summed E-state index contributed by atoms with van der Waals surface area (Å²) in [6.45, 7) is 5.29. The van der Waals surface area contributed by atoms with E-state index in [2.05, 4.69) is 5.32 Å². The van der Waals surface area contributed by atoms with Gasteiger partial charge in [0.25, 0.3) is 0 Å². The topological polar surface area (TPSA) is 72.5 Å². The Morgan fingerprint density at radius 2 is 2.00 bits per heavy atom. The maximum absolute atomic E-state index is 12.3. The van der Waals surface area contributed by atoms with Gasteiger partial charge in [0, 0.05) is 18.2 Å². The third-order valence-electron chi connectivity index (χ3n) is 3.46. The lowest BCUT2D eigenvalue weighted by molar-refractivity contribution is -0.114. The van der Waals surface area contributed by atoms with Crippen molar-refractivity contribution in [3.8, 4) is 0 Å². The molecule has 1 N–H and O–H groups in total. The fourth-order valence-electron chi connectivity index (χ4n) is 2.15. The molecule has 5 nitrogen and oxygen atoms in total. The highest BCUT2D eigenvalue weighted by molar-refractivity contribution is 7.16. The van der Waals surface area contributed by atoms with Gasteiger partial charge >= 0.3 is 5.97 Å². The van der Waals surface area contributed by atoms with Gasteiger partial charge in [-0.05, 0) is 37.3 Å². The molecule has 0 radical (unpaired) electrons. The fourth-order valence-corrected chi connectivity index (χ4v) is 3.94. The number of thiophene rings is 2. The number of Topliss-reactive ketones (excluding diaryl/α,β-unsaturated/α-hetero) is 1. The SMILES string of the molecule is CC(=O)Nc1sc(C)c(C)c1C(=O)OCCCC(=O)c1cccs1. The number of amides is 1. The number of ketones is 1. The second-order valence-electron chi connectivity index (χ2n) is 5.31. The summed E-state index contributed by atoms with van der Waals surface area (Å²) in [5, 5.41) is 5.04. The third kappa shape index (κ3) is 4.52. The molecule has 0 aliphatic carbocycles. The number of hydrogen-bond donors (Lipinski definition) is 1. The fraction of sp³-hybridized carbons (Fsp3) is 0.353. The Morgan fingerprint density at radius 1 is 1.25 bits per heavy atom. The van der Waals surface area contributed by atoms with Crippen LogP contribution in [-0.4, -0.2) is 24.3 Å². The number of nitrogens with one attached hydrogen (secondary N) is 1. The van der Waals surface area contributed by atoms with Gasteiger partial charge in [-0.2, -0.15) is 0 Å². The van der Waals surface area contributed by atoms with Crippen molar-refractivity contribution in [1.29, 1.82) is 0 Å². The number of rotatable bonds is 7. The van der Waals surface area contributed by atoms with Crippen molar-refractivity contribution >= 4 is 45.3 Å². The van der Waals surface area contributed by atoms with E-state index < -0.39 is 5.97 Å². The van der Waals surface area contributed by atoms with Gasteiger partial charge in [0.15, 0.2) is 5.78 Å². The van der Waals surface area contributed by atoms with E-state index in [1.54, 1.807) is 6.07 Å². The number of carbonyl (C=O) groups excluding carboxylic acids is 3. The summed E-state index contributed by atoms with van der Waals surface area (Å²) in [6.07, 6.45) is 0.814. The van der Waals surface area contributed by atoms with Crippen LogP contribution < -0.4 is 5.32 Å². The number of esters is 1. The average Bonchev–Trinajstić information content (AvgIpc) is 3.12. The molecule has 0 aliphatic heterocycles. The van der Waals surface area contributed by atoms with E-state index in [1.807, 2.05) is 25.3 Å². The van der Waals surface area contributed by atoms with Gasteiger partial charge < -0.3 is 10.1 Å². The van der Waals surface area contributed by atoms with Crippen LogP contribution in [0.4, 0.5) is 5.00 Å². The number of aryl methyl sites for hydroxylation is 1. The Balaban J connectivity index is 1.91. The molecule has 24 heavy (non-hydrogen) atoms. The van der Waals surface area contributed by atoms with E-state index in [0.29, 0.717) is 23.4 Å². The molecule has 1 amide bonds. The molecule has 0 fully saturated rings. The Morgan fingerprint density at radius 3 is 2.62 bits per heavy atom. The first-order valence-electron chi connectivity index (χ1n) is 7.51. The Hall–Kier alpha value is -1.99. The lowest BCUT2D eigenvalue weighted by Crippen LogP contribution is -2.13. The summed E-state index contributed by atoms with van der Waals surface area (Å²) in [5.41, 5.74) is 1.21. The molecule has 0 saturated carbocycles. The maximum Gasteiger partial charge on any atom is 0.341 e. The maximum atomic E-state index is 12.3. The van der Waals surface area contributed by atoms with Crippen LogP contribution in [0.25, 0.3) is 0 Å². The third-order valence-corrected chi connectivity index (χ3v) is 5.49. The normalized spacial score (nSPS) is 10.5. The molecule has 2 aromatic heterocycles. The summed E-state index contributed by atoms with van der Waals surface area (Å²) < 4.78 is 5.28. The molecule has 128 valence electrons. The van der Waals surface area contributed by atoms with Gasteiger partial charge in [-0.3, -0.25) is 9.59 Å². The van der Waals surface area contributed by atoms with E-state index in [0.717, 1.165) is 15.3 Å². The first-order chi connectivity index (χ1) is 11.4. The van der Waals surface area contributed by atoms with Crippen molar-refractivity contribution in [2.75, 3.05) is 11.9 Å². The van der Waals surface area contributed by atoms with Gasteiger partial charge in [-0.1, -0.05) is 6.07 Å². The molecule has 0 aliphatic rings.